The number of pyridine rings is 1. The zero-order chi connectivity index (χ0) is 14.4. The summed E-state index contributed by atoms with van der Waals surface area (Å²) in [6.07, 6.45) is 1.47. The molecule has 6 heteroatoms. The Labute approximate surface area is 111 Å². The van der Waals surface area contributed by atoms with Crippen LogP contribution in [0.4, 0.5) is 5.69 Å². The average Bonchev–Trinajstić information content (AvgIpc) is 2.39. The summed E-state index contributed by atoms with van der Waals surface area (Å²) in [7, 11) is 0. The smallest absolute Gasteiger partial charge is 0.307 e. The van der Waals surface area contributed by atoms with E-state index in [0.717, 1.165) is 0 Å². The highest BCUT2D eigenvalue weighted by atomic mass is 16.5. The first kappa shape index (κ1) is 14.9. The third-order valence-electron chi connectivity index (χ3n) is 2.85. The lowest BCUT2D eigenvalue weighted by Crippen LogP contribution is -2.29. The monoisotopic (exact) mass is 266 g/mol. The number of ether oxygens (including phenoxy) is 1. The van der Waals surface area contributed by atoms with Crippen LogP contribution in [0, 0.1) is 11.8 Å². The summed E-state index contributed by atoms with van der Waals surface area (Å²) >= 11 is 0. The number of hydrogen-bond donors (Lipinski definition) is 2. The van der Waals surface area contributed by atoms with E-state index in [4.69, 9.17) is 9.84 Å². The lowest BCUT2D eigenvalue weighted by molar-refractivity contribution is -0.145. The molecule has 0 aromatic carbocycles. The Morgan fingerprint density at radius 2 is 2.05 bits per heavy atom. The van der Waals surface area contributed by atoms with Crippen molar-refractivity contribution in [3.05, 3.63) is 18.3 Å². The van der Waals surface area contributed by atoms with Crippen LogP contribution in [-0.4, -0.2) is 28.6 Å². The van der Waals surface area contributed by atoms with Gasteiger partial charge in [0.15, 0.2) is 0 Å². The van der Waals surface area contributed by atoms with Gasteiger partial charge >= 0.3 is 5.97 Å². The molecule has 0 saturated heterocycles. The van der Waals surface area contributed by atoms with Crippen molar-refractivity contribution in [2.45, 2.75) is 20.8 Å². The van der Waals surface area contributed by atoms with Crippen molar-refractivity contribution < 1.29 is 19.4 Å². The second kappa shape index (κ2) is 6.72. The van der Waals surface area contributed by atoms with Crippen LogP contribution in [0.3, 0.4) is 0 Å². The number of carboxylic acids is 1. The first-order valence-corrected chi connectivity index (χ1v) is 6.08. The van der Waals surface area contributed by atoms with E-state index < -0.39 is 17.8 Å². The second-order valence-corrected chi connectivity index (χ2v) is 4.22. The Bertz CT molecular complexity index is 444. The quantitative estimate of drug-likeness (QED) is 0.819. The fraction of sp³-hybridized carbons (Fsp3) is 0.462. The van der Waals surface area contributed by atoms with Gasteiger partial charge in [0.05, 0.1) is 24.4 Å². The number of anilines is 1. The van der Waals surface area contributed by atoms with Gasteiger partial charge in [0.2, 0.25) is 11.8 Å². The van der Waals surface area contributed by atoms with Crippen LogP contribution in [0.25, 0.3) is 0 Å². The summed E-state index contributed by atoms with van der Waals surface area (Å²) in [4.78, 5) is 26.6. The summed E-state index contributed by atoms with van der Waals surface area (Å²) < 4.78 is 5.18. The van der Waals surface area contributed by atoms with Gasteiger partial charge in [-0.3, -0.25) is 9.59 Å². The summed E-state index contributed by atoms with van der Waals surface area (Å²) in [5, 5.41) is 11.5. The minimum atomic E-state index is -0.993. The van der Waals surface area contributed by atoms with Gasteiger partial charge in [-0.05, 0) is 13.0 Å². The number of carboxylic acid groups (broad SMARTS) is 1. The SMILES string of the molecule is CCOc1ccc(NC(=O)C(C)C(C)C(=O)O)cn1. The fourth-order valence-electron chi connectivity index (χ4n) is 1.38. The Kier molecular flexibility index (Phi) is 5.29. The molecule has 0 aliphatic carbocycles. The van der Waals surface area contributed by atoms with Gasteiger partial charge in [0.1, 0.15) is 0 Å². The Hall–Kier alpha value is -2.11. The van der Waals surface area contributed by atoms with Gasteiger partial charge in [-0.15, -0.1) is 0 Å². The van der Waals surface area contributed by atoms with Crippen molar-refractivity contribution in [2.24, 2.45) is 11.8 Å². The number of carbonyl (C=O) groups excluding carboxylic acids is 1. The zero-order valence-corrected chi connectivity index (χ0v) is 11.2. The fourth-order valence-corrected chi connectivity index (χ4v) is 1.38. The van der Waals surface area contributed by atoms with Crippen molar-refractivity contribution in [2.75, 3.05) is 11.9 Å². The second-order valence-electron chi connectivity index (χ2n) is 4.22. The predicted molar refractivity (Wildman–Crippen MR) is 70.0 cm³/mol. The Morgan fingerprint density at radius 3 is 2.53 bits per heavy atom. The van der Waals surface area contributed by atoms with Crippen LogP contribution in [-0.2, 0) is 9.59 Å². The van der Waals surface area contributed by atoms with Gasteiger partial charge in [-0.25, -0.2) is 4.98 Å². The van der Waals surface area contributed by atoms with Crippen LogP contribution in [0.5, 0.6) is 5.88 Å². The largest absolute Gasteiger partial charge is 0.481 e. The lowest BCUT2D eigenvalue weighted by atomic mass is 9.95. The number of hydrogen-bond acceptors (Lipinski definition) is 4. The first-order valence-electron chi connectivity index (χ1n) is 6.08. The molecular weight excluding hydrogens is 248 g/mol. The minimum Gasteiger partial charge on any atom is -0.481 e. The van der Waals surface area contributed by atoms with E-state index in [0.29, 0.717) is 18.2 Å². The van der Waals surface area contributed by atoms with Gasteiger partial charge in [0.25, 0.3) is 0 Å². The number of rotatable bonds is 6. The molecule has 6 nitrogen and oxygen atoms in total. The normalized spacial score (nSPS) is 13.4. The molecule has 19 heavy (non-hydrogen) atoms. The maximum atomic E-state index is 11.8. The van der Waals surface area contributed by atoms with Crippen LogP contribution in [0.1, 0.15) is 20.8 Å². The molecule has 0 spiro atoms. The van der Waals surface area contributed by atoms with Crippen molar-refractivity contribution in [3.63, 3.8) is 0 Å². The van der Waals surface area contributed by atoms with Crippen LogP contribution < -0.4 is 10.1 Å². The average molecular weight is 266 g/mol. The Balaban J connectivity index is 2.63. The third-order valence-corrected chi connectivity index (χ3v) is 2.85. The molecule has 2 N–H and O–H groups in total. The lowest BCUT2D eigenvalue weighted by Gasteiger charge is -2.15. The van der Waals surface area contributed by atoms with Crippen LogP contribution in [0.15, 0.2) is 18.3 Å². The number of nitrogens with zero attached hydrogens (tertiary/aromatic N) is 1. The van der Waals surface area contributed by atoms with E-state index in [-0.39, 0.29) is 5.91 Å². The van der Waals surface area contributed by atoms with Gasteiger partial charge in [-0.2, -0.15) is 0 Å². The highest BCUT2D eigenvalue weighted by Crippen LogP contribution is 2.16. The van der Waals surface area contributed by atoms with Gasteiger partial charge in [-0.1, -0.05) is 13.8 Å². The van der Waals surface area contributed by atoms with E-state index in [1.54, 1.807) is 19.1 Å². The van der Waals surface area contributed by atoms with Crippen LogP contribution in [0.2, 0.25) is 0 Å². The first-order chi connectivity index (χ1) is 8.95. The maximum absolute atomic E-state index is 11.8. The number of amides is 1. The van der Waals surface area contributed by atoms with E-state index in [9.17, 15) is 9.59 Å². The predicted octanol–water partition coefficient (Wildman–Crippen LogP) is 1.78. The molecule has 1 aromatic heterocycles. The summed E-state index contributed by atoms with van der Waals surface area (Å²) in [6, 6.07) is 3.30. The number of aromatic nitrogens is 1. The summed E-state index contributed by atoms with van der Waals surface area (Å²) in [6.45, 7) is 5.46. The molecule has 0 bridgehead atoms. The van der Waals surface area contributed by atoms with Crippen LogP contribution >= 0.6 is 0 Å². The van der Waals surface area contributed by atoms with Crippen molar-refractivity contribution in [3.8, 4) is 5.88 Å². The molecule has 2 atom stereocenters. The molecule has 104 valence electrons. The van der Waals surface area contributed by atoms with E-state index in [1.807, 2.05) is 6.92 Å². The molecular formula is C13H18N2O4. The van der Waals surface area contributed by atoms with Gasteiger partial charge < -0.3 is 15.2 Å². The third kappa shape index (κ3) is 4.24. The number of carbonyl (C=O) groups is 2. The molecule has 1 heterocycles. The molecule has 0 radical (unpaired) electrons. The molecule has 0 saturated carbocycles. The van der Waals surface area contributed by atoms with Gasteiger partial charge in [0, 0.05) is 12.0 Å². The highest BCUT2D eigenvalue weighted by molar-refractivity contribution is 5.94. The zero-order valence-electron chi connectivity index (χ0n) is 11.2. The molecule has 2 unspecified atom stereocenters. The van der Waals surface area contributed by atoms with Crippen molar-refractivity contribution >= 4 is 17.6 Å². The van der Waals surface area contributed by atoms with E-state index in [1.165, 1.54) is 13.1 Å². The molecule has 0 aliphatic rings. The van der Waals surface area contributed by atoms with E-state index >= 15 is 0 Å². The highest BCUT2D eigenvalue weighted by Gasteiger charge is 2.25. The summed E-state index contributed by atoms with van der Waals surface area (Å²) in [5.41, 5.74) is 0.512. The minimum absolute atomic E-state index is 0.346. The molecule has 1 rings (SSSR count). The topological polar surface area (TPSA) is 88.5 Å². The van der Waals surface area contributed by atoms with Crippen molar-refractivity contribution in [1.29, 1.82) is 0 Å². The van der Waals surface area contributed by atoms with E-state index in [2.05, 4.69) is 10.3 Å². The molecule has 1 amide bonds. The molecule has 0 aliphatic heterocycles. The molecule has 0 fully saturated rings. The number of aliphatic carboxylic acids is 1. The molecule has 1 aromatic rings. The standard InChI is InChI=1S/C13H18N2O4/c1-4-19-11-6-5-10(7-14-11)15-12(16)8(2)9(3)13(17)18/h5-9H,4H2,1-3H3,(H,15,16)(H,17,18). The van der Waals surface area contributed by atoms with Crippen molar-refractivity contribution in [1.82, 2.24) is 4.98 Å². The number of nitrogens with one attached hydrogen (secondary N) is 1. The Morgan fingerprint density at radius 1 is 1.37 bits per heavy atom. The maximum Gasteiger partial charge on any atom is 0.307 e. The summed E-state index contributed by atoms with van der Waals surface area (Å²) in [5.74, 6) is -2.22.